The van der Waals surface area contributed by atoms with Crippen molar-refractivity contribution in [3.05, 3.63) is 29.0 Å². The van der Waals surface area contributed by atoms with E-state index in [1.165, 1.54) is 0 Å². The lowest BCUT2D eigenvalue weighted by Crippen LogP contribution is -2.20. The Hall–Kier alpha value is -2.32. The van der Waals surface area contributed by atoms with Gasteiger partial charge in [0.2, 0.25) is 0 Å². The van der Waals surface area contributed by atoms with Gasteiger partial charge in [-0.1, -0.05) is 6.42 Å². The summed E-state index contributed by atoms with van der Waals surface area (Å²) in [4.78, 5) is 17.6. The normalized spacial score (nSPS) is 15.4. The highest BCUT2D eigenvalue weighted by Gasteiger charge is 2.41. The molecule has 0 unspecified atom stereocenters. The Morgan fingerprint density at radius 3 is 2.68 bits per heavy atom. The van der Waals surface area contributed by atoms with E-state index in [0.717, 1.165) is 19.2 Å². The van der Waals surface area contributed by atoms with Crippen molar-refractivity contribution in [2.24, 2.45) is 5.73 Å². The zero-order valence-corrected chi connectivity index (χ0v) is 11.6. The molecule has 6 nitrogen and oxygen atoms in total. The summed E-state index contributed by atoms with van der Waals surface area (Å²) in [7, 11) is 0. The van der Waals surface area contributed by atoms with Crippen molar-refractivity contribution < 1.29 is 18.0 Å². The van der Waals surface area contributed by atoms with Gasteiger partial charge in [-0.05, 0) is 25.7 Å². The number of hydrogen-bond donors (Lipinski definition) is 2. The topological polar surface area (TPSA) is 89.6 Å². The first-order valence-corrected chi connectivity index (χ1v) is 6.91. The predicted molar refractivity (Wildman–Crippen MR) is 70.5 cm³/mol. The van der Waals surface area contributed by atoms with Gasteiger partial charge in [0.15, 0.2) is 17.2 Å². The van der Waals surface area contributed by atoms with E-state index in [1.54, 1.807) is 0 Å². The first-order chi connectivity index (χ1) is 10.4. The van der Waals surface area contributed by atoms with Crippen LogP contribution >= 0.6 is 0 Å². The number of aryl methyl sites for hydroxylation is 1. The van der Waals surface area contributed by atoms with E-state index >= 15 is 0 Å². The van der Waals surface area contributed by atoms with Crippen molar-refractivity contribution >= 4 is 5.91 Å². The fourth-order valence-electron chi connectivity index (χ4n) is 2.80. The van der Waals surface area contributed by atoms with Gasteiger partial charge in [0.25, 0.3) is 5.91 Å². The molecule has 0 spiro atoms. The largest absolute Gasteiger partial charge is 0.433 e. The van der Waals surface area contributed by atoms with Gasteiger partial charge in [0.05, 0.1) is 12.0 Å². The Morgan fingerprint density at radius 2 is 2.00 bits per heavy atom. The van der Waals surface area contributed by atoms with E-state index in [1.807, 2.05) is 0 Å². The fraction of sp³-hybridized carbons (Fsp3) is 0.462. The summed E-state index contributed by atoms with van der Waals surface area (Å²) in [6, 6.07) is 0. The third-order valence-corrected chi connectivity index (χ3v) is 3.74. The Balaban J connectivity index is 2.23. The lowest BCUT2D eigenvalue weighted by atomic mass is 10.1. The van der Waals surface area contributed by atoms with Crippen LogP contribution in [-0.2, 0) is 19.0 Å². The highest BCUT2D eigenvalue weighted by Crippen LogP contribution is 2.37. The van der Waals surface area contributed by atoms with Crippen molar-refractivity contribution in [1.29, 1.82) is 0 Å². The molecule has 0 atom stereocenters. The summed E-state index contributed by atoms with van der Waals surface area (Å²) in [6.45, 7) is 0. The average Bonchev–Trinajstić information content (AvgIpc) is 2.97. The Bertz CT molecular complexity index is 716. The minimum atomic E-state index is -4.58. The molecule has 9 heteroatoms. The van der Waals surface area contributed by atoms with Crippen molar-refractivity contribution in [2.75, 3.05) is 0 Å². The molecule has 3 rings (SSSR count). The number of alkyl halides is 3. The quantitative estimate of drug-likeness (QED) is 0.831. The van der Waals surface area contributed by atoms with Crippen LogP contribution in [0, 0.1) is 0 Å². The first-order valence-electron chi connectivity index (χ1n) is 6.91. The number of carbonyl (C=O) groups excluding carboxylic acids is 1. The second-order valence-electron chi connectivity index (χ2n) is 5.21. The van der Waals surface area contributed by atoms with Gasteiger partial charge in [-0.15, -0.1) is 0 Å². The monoisotopic (exact) mass is 313 g/mol. The van der Waals surface area contributed by atoms with E-state index in [0.29, 0.717) is 29.6 Å². The van der Waals surface area contributed by atoms with Gasteiger partial charge < -0.3 is 10.7 Å². The van der Waals surface area contributed by atoms with Crippen LogP contribution in [0.3, 0.4) is 0 Å². The number of primary amides is 1. The van der Waals surface area contributed by atoms with Crippen molar-refractivity contribution in [2.45, 2.75) is 38.3 Å². The van der Waals surface area contributed by atoms with Crippen LogP contribution in [-0.4, -0.2) is 25.7 Å². The summed E-state index contributed by atoms with van der Waals surface area (Å²) in [5.41, 5.74) is 4.73. The molecule has 1 aliphatic carbocycles. The van der Waals surface area contributed by atoms with Crippen LogP contribution in [0.5, 0.6) is 0 Å². The smallest absolute Gasteiger partial charge is 0.364 e. The second kappa shape index (κ2) is 5.15. The third kappa shape index (κ3) is 2.36. The number of fused-ring (bicyclic) bond motifs is 1. The van der Waals surface area contributed by atoms with Gasteiger partial charge in [-0.3, -0.25) is 4.79 Å². The molecule has 3 N–H and O–H groups in total. The van der Waals surface area contributed by atoms with Gasteiger partial charge in [0.1, 0.15) is 0 Å². The summed E-state index contributed by atoms with van der Waals surface area (Å²) in [5.74, 6) is -1.10. The lowest BCUT2D eigenvalue weighted by molar-refractivity contribution is -0.143. The Labute approximate surface area is 123 Å². The standard InChI is InChI=1S/C13H14F3N5O/c14-13(15,16)10-7-4-2-1-3-5-8(7)20-21(10)12-9(11(17)22)18-6-19-12/h6H,1-5H2,(H2,17,22)(H,18,19). The van der Waals surface area contributed by atoms with Crippen molar-refractivity contribution in [3.8, 4) is 5.82 Å². The lowest BCUT2D eigenvalue weighted by Gasteiger charge is -2.11. The zero-order valence-electron chi connectivity index (χ0n) is 11.6. The van der Waals surface area contributed by atoms with Crippen LogP contribution in [0.15, 0.2) is 6.33 Å². The third-order valence-electron chi connectivity index (χ3n) is 3.74. The molecule has 0 aliphatic heterocycles. The highest BCUT2D eigenvalue weighted by molar-refractivity contribution is 5.93. The molecule has 0 radical (unpaired) electrons. The Morgan fingerprint density at radius 1 is 1.27 bits per heavy atom. The van der Waals surface area contributed by atoms with Gasteiger partial charge >= 0.3 is 6.18 Å². The molecule has 1 aliphatic rings. The number of aromatic nitrogens is 4. The van der Waals surface area contributed by atoms with Crippen LogP contribution in [0.2, 0.25) is 0 Å². The summed E-state index contributed by atoms with van der Waals surface area (Å²) in [6.07, 6.45) is -0.290. The number of nitrogens with zero attached hydrogens (tertiary/aromatic N) is 3. The van der Waals surface area contributed by atoms with Gasteiger partial charge in [-0.25, -0.2) is 9.67 Å². The van der Waals surface area contributed by atoms with Crippen molar-refractivity contribution in [3.63, 3.8) is 0 Å². The maximum Gasteiger partial charge on any atom is 0.433 e. The number of rotatable bonds is 2. The molecule has 1 amide bonds. The molecule has 0 bridgehead atoms. The molecule has 2 aromatic heterocycles. The summed E-state index contributed by atoms with van der Waals surface area (Å²) < 4.78 is 41.2. The molecule has 2 heterocycles. The molecule has 22 heavy (non-hydrogen) atoms. The highest BCUT2D eigenvalue weighted by atomic mass is 19.4. The van der Waals surface area contributed by atoms with Gasteiger partial charge in [0, 0.05) is 5.56 Å². The molecule has 0 saturated heterocycles. The van der Waals surface area contributed by atoms with E-state index in [2.05, 4.69) is 15.1 Å². The number of hydrogen-bond acceptors (Lipinski definition) is 3. The van der Waals surface area contributed by atoms with Crippen LogP contribution in [0.1, 0.15) is 46.7 Å². The molecule has 0 aromatic carbocycles. The SMILES string of the molecule is NC(=O)c1[nH]cnc1-n1nc2c(c1C(F)(F)F)CCCCC2. The fourth-order valence-corrected chi connectivity index (χ4v) is 2.80. The Kier molecular flexibility index (Phi) is 3.42. The predicted octanol–water partition coefficient (Wildman–Crippen LogP) is 1.98. The molecule has 0 fully saturated rings. The number of imidazole rings is 1. The van der Waals surface area contributed by atoms with Gasteiger partial charge in [-0.2, -0.15) is 18.3 Å². The molecule has 2 aromatic rings. The second-order valence-corrected chi connectivity index (χ2v) is 5.21. The molecular formula is C13H14F3N5O. The summed E-state index contributed by atoms with van der Waals surface area (Å²) >= 11 is 0. The van der Waals surface area contributed by atoms with Crippen LogP contribution in [0.4, 0.5) is 13.2 Å². The van der Waals surface area contributed by atoms with Crippen molar-refractivity contribution in [1.82, 2.24) is 19.7 Å². The summed E-state index contributed by atoms with van der Waals surface area (Å²) in [5, 5.41) is 4.07. The minimum Gasteiger partial charge on any atom is -0.364 e. The van der Waals surface area contributed by atoms with Crippen LogP contribution < -0.4 is 5.73 Å². The number of amides is 1. The minimum absolute atomic E-state index is 0.192. The molecule has 118 valence electrons. The first kappa shape index (κ1) is 14.6. The maximum atomic E-state index is 13.5. The maximum absolute atomic E-state index is 13.5. The number of carbonyl (C=O) groups is 1. The van der Waals surface area contributed by atoms with E-state index in [-0.39, 0.29) is 17.1 Å². The number of halogens is 3. The molecule has 0 saturated carbocycles. The number of H-pyrrole nitrogens is 1. The number of aromatic amines is 1. The number of nitrogens with one attached hydrogen (secondary N) is 1. The van der Waals surface area contributed by atoms with E-state index in [4.69, 9.17) is 5.73 Å². The van der Waals surface area contributed by atoms with E-state index in [9.17, 15) is 18.0 Å². The average molecular weight is 313 g/mol. The zero-order chi connectivity index (χ0) is 15.9. The van der Waals surface area contributed by atoms with E-state index < -0.39 is 17.8 Å². The number of nitrogens with two attached hydrogens (primary N) is 1. The molecular weight excluding hydrogens is 299 g/mol. The van der Waals surface area contributed by atoms with Crippen LogP contribution in [0.25, 0.3) is 5.82 Å².